The van der Waals surface area contributed by atoms with E-state index in [1.54, 1.807) is 13.8 Å². The highest BCUT2D eigenvalue weighted by atomic mass is 32.2. The van der Waals surface area contributed by atoms with Gasteiger partial charge in [0.2, 0.25) is 0 Å². The first kappa shape index (κ1) is 19.0. The number of benzene rings is 1. The van der Waals surface area contributed by atoms with Crippen molar-refractivity contribution in [3.05, 3.63) is 35.9 Å². The molecule has 22 heavy (non-hydrogen) atoms. The van der Waals surface area contributed by atoms with Crippen LogP contribution in [0.2, 0.25) is 0 Å². The third-order valence-electron chi connectivity index (χ3n) is 3.97. The Labute approximate surface area is 138 Å². The largest absolute Gasteiger partial charge is 0.469 e. The number of ether oxygens (including phenoxy) is 1. The van der Waals surface area contributed by atoms with Crippen LogP contribution in [0.5, 0.6) is 0 Å². The number of carbonyl (C=O) groups is 1. The van der Waals surface area contributed by atoms with Crippen molar-refractivity contribution in [2.24, 2.45) is 5.41 Å². The molecule has 0 saturated carbocycles. The number of hydrogen-bond donors (Lipinski definition) is 1. The van der Waals surface area contributed by atoms with Gasteiger partial charge in [-0.25, -0.2) is 0 Å². The van der Waals surface area contributed by atoms with E-state index >= 15 is 0 Å². The van der Waals surface area contributed by atoms with E-state index in [-0.39, 0.29) is 11.2 Å². The quantitative estimate of drug-likeness (QED) is 0.546. The molecule has 0 fully saturated rings. The Morgan fingerprint density at radius 3 is 2.50 bits per heavy atom. The van der Waals surface area contributed by atoms with Crippen LogP contribution in [0.25, 0.3) is 0 Å². The number of hydrogen-bond acceptors (Lipinski definition) is 4. The molecule has 0 spiro atoms. The van der Waals surface area contributed by atoms with Gasteiger partial charge in [-0.1, -0.05) is 43.7 Å². The summed E-state index contributed by atoms with van der Waals surface area (Å²) in [5.41, 5.74) is 0.302. The van der Waals surface area contributed by atoms with Crippen molar-refractivity contribution in [2.45, 2.75) is 51.4 Å². The lowest BCUT2D eigenvalue weighted by Crippen LogP contribution is -2.38. The van der Waals surface area contributed by atoms with Gasteiger partial charge in [0.1, 0.15) is 0 Å². The summed E-state index contributed by atoms with van der Waals surface area (Å²) in [5, 5.41) is 10.7. The molecular weight excluding hydrogens is 296 g/mol. The van der Waals surface area contributed by atoms with Crippen molar-refractivity contribution in [1.82, 2.24) is 0 Å². The van der Waals surface area contributed by atoms with Crippen molar-refractivity contribution in [1.29, 1.82) is 0 Å². The van der Waals surface area contributed by atoms with Crippen LogP contribution >= 0.6 is 11.8 Å². The van der Waals surface area contributed by atoms with Crippen molar-refractivity contribution < 1.29 is 14.6 Å². The van der Waals surface area contributed by atoms with Gasteiger partial charge >= 0.3 is 5.97 Å². The average molecular weight is 324 g/mol. The molecule has 4 heteroatoms. The van der Waals surface area contributed by atoms with Gasteiger partial charge in [0, 0.05) is 5.25 Å². The minimum absolute atomic E-state index is 0.187. The standard InChI is InChI=1S/C18H28O3S/c1-5-6-12-22-15(14-10-8-7-9-11-14)13-16(19)18(2,3)17(20)21-4/h7-11,15-16,19H,5-6,12-13H2,1-4H3/t15-,16-/m0/s1. The van der Waals surface area contributed by atoms with Gasteiger partial charge in [-0.15, -0.1) is 0 Å². The molecule has 0 radical (unpaired) electrons. The Balaban J connectivity index is 2.81. The van der Waals surface area contributed by atoms with Crippen LogP contribution in [0.4, 0.5) is 0 Å². The first-order chi connectivity index (χ1) is 10.4. The zero-order valence-electron chi connectivity index (χ0n) is 14.0. The molecule has 1 rings (SSSR count). The van der Waals surface area contributed by atoms with Crippen molar-refractivity contribution in [3.8, 4) is 0 Å². The summed E-state index contributed by atoms with van der Waals surface area (Å²) < 4.78 is 4.82. The minimum atomic E-state index is -0.896. The molecule has 2 atom stereocenters. The zero-order valence-corrected chi connectivity index (χ0v) is 14.9. The van der Waals surface area contributed by atoms with Gasteiger partial charge in [0.05, 0.1) is 18.6 Å². The predicted octanol–water partition coefficient (Wildman–Crippen LogP) is 4.21. The van der Waals surface area contributed by atoms with E-state index in [9.17, 15) is 9.90 Å². The van der Waals surface area contributed by atoms with Gasteiger partial charge < -0.3 is 9.84 Å². The fourth-order valence-electron chi connectivity index (χ4n) is 2.23. The number of aliphatic hydroxyl groups excluding tert-OH is 1. The molecule has 0 bridgehead atoms. The number of esters is 1. The number of aliphatic hydroxyl groups is 1. The molecular formula is C18H28O3S. The first-order valence-electron chi connectivity index (χ1n) is 7.86. The Morgan fingerprint density at radius 1 is 1.32 bits per heavy atom. The molecule has 124 valence electrons. The second-order valence-corrected chi connectivity index (χ2v) is 7.40. The molecule has 3 nitrogen and oxygen atoms in total. The number of thioether (sulfide) groups is 1. The van der Waals surface area contributed by atoms with Crippen LogP contribution in [0.15, 0.2) is 30.3 Å². The molecule has 1 aromatic rings. The van der Waals surface area contributed by atoms with Gasteiger partial charge in [-0.05, 0) is 38.0 Å². The maximum absolute atomic E-state index is 11.9. The maximum atomic E-state index is 11.9. The van der Waals surface area contributed by atoms with Gasteiger partial charge in [0.15, 0.2) is 0 Å². The zero-order chi connectivity index (χ0) is 16.6. The summed E-state index contributed by atoms with van der Waals surface area (Å²) in [5.74, 6) is 0.687. The van der Waals surface area contributed by atoms with E-state index in [0.717, 1.165) is 18.6 Å². The van der Waals surface area contributed by atoms with Crippen LogP contribution in [-0.4, -0.2) is 30.0 Å². The summed E-state index contributed by atoms with van der Waals surface area (Å²) in [6, 6.07) is 10.2. The summed E-state index contributed by atoms with van der Waals surface area (Å²) in [6.07, 6.45) is 2.12. The SMILES string of the molecule is CCCCS[C@@H](C[C@H](O)C(C)(C)C(=O)OC)c1ccccc1. The summed E-state index contributed by atoms with van der Waals surface area (Å²) >= 11 is 1.85. The van der Waals surface area contributed by atoms with Crippen molar-refractivity contribution >= 4 is 17.7 Å². The van der Waals surface area contributed by atoms with Crippen LogP contribution in [0, 0.1) is 5.41 Å². The number of carbonyl (C=O) groups excluding carboxylic acids is 1. The van der Waals surface area contributed by atoms with E-state index in [1.807, 2.05) is 30.0 Å². The highest BCUT2D eigenvalue weighted by Crippen LogP contribution is 2.38. The monoisotopic (exact) mass is 324 g/mol. The third kappa shape index (κ3) is 5.33. The van der Waals surface area contributed by atoms with Gasteiger partial charge in [-0.2, -0.15) is 11.8 Å². The third-order valence-corrected chi connectivity index (χ3v) is 5.36. The van der Waals surface area contributed by atoms with Crippen molar-refractivity contribution in [3.63, 3.8) is 0 Å². The van der Waals surface area contributed by atoms with Gasteiger partial charge in [0.25, 0.3) is 0 Å². The molecule has 0 amide bonds. The van der Waals surface area contributed by atoms with Crippen molar-refractivity contribution in [2.75, 3.05) is 12.9 Å². The van der Waals surface area contributed by atoms with E-state index in [1.165, 1.54) is 12.7 Å². The fraction of sp³-hybridized carbons (Fsp3) is 0.611. The Morgan fingerprint density at radius 2 is 1.95 bits per heavy atom. The normalized spacial score (nSPS) is 14.4. The van der Waals surface area contributed by atoms with Crippen LogP contribution in [0.3, 0.4) is 0 Å². The Bertz CT molecular complexity index is 445. The molecule has 0 unspecified atom stereocenters. The van der Waals surface area contributed by atoms with Gasteiger partial charge in [-0.3, -0.25) is 4.79 Å². The fourth-order valence-corrected chi connectivity index (χ4v) is 3.64. The predicted molar refractivity (Wildman–Crippen MR) is 93.0 cm³/mol. The number of rotatable bonds is 9. The average Bonchev–Trinajstić information content (AvgIpc) is 2.53. The maximum Gasteiger partial charge on any atom is 0.313 e. The lowest BCUT2D eigenvalue weighted by molar-refractivity contribution is -0.157. The summed E-state index contributed by atoms with van der Waals surface area (Å²) in [7, 11) is 1.36. The molecule has 0 saturated heterocycles. The summed E-state index contributed by atoms with van der Waals surface area (Å²) in [6.45, 7) is 5.65. The topological polar surface area (TPSA) is 46.5 Å². The second kappa shape index (κ2) is 9.21. The van der Waals surface area contributed by atoms with Crippen LogP contribution in [-0.2, 0) is 9.53 Å². The minimum Gasteiger partial charge on any atom is -0.469 e. The molecule has 1 aromatic carbocycles. The molecule has 0 heterocycles. The van der Waals surface area contributed by atoms with E-state index in [4.69, 9.17) is 4.74 Å². The Kier molecular flexibility index (Phi) is 7.97. The number of methoxy groups -OCH3 is 1. The lowest BCUT2D eigenvalue weighted by atomic mass is 9.83. The highest BCUT2D eigenvalue weighted by Gasteiger charge is 2.38. The number of unbranched alkanes of at least 4 members (excludes halogenated alkanes) is 1. The molecule has 0 aliphatic carbocycles. The summed E-state index contributed by atoms with van der Waals surface area (Å²) in [4.78, 5) is 11.9. The molecule has 0 aliphatic rings. The molecule has 1 N–H and O–H groups in total. The second-order valence-electron chi connectivity index (χ2n) is 6.09. The molecule has 0 aromatic heterocycles. The Hall–Kier alpha value is -1.00. The lowest BCUT2D eigenvalue weighted by Gasteiger charge is -2.30. The van der Waals surface area contributed by atoms with E-state index in [2.05, 4.69) is 19.1 Å². The van der Waals surface area contributed by atoms with E-state index in [0.29, 0.717) is 6.42 Å². The first-order valence-corrected chi connectivity index (χ1v) is 8.91. The smallest absolute Gasteiger partial charge is 0.313 e. The van der Waals surface area contributed by atoms with Crippen LogP contribution < -0.4 is 0 Å². The van der Waals surface area contributed by atoms with Crippen LogP contribution in [0.1, 0.15) is 50.8 Å². The van der Waals surface area contributed by atoms with E-state index < -0.39 is 11.5 Å². The highest BCUT2D eigenvalue weighted by molar-refractivity contribution is 7.99. The molecule has 0 aliphatic heterocycles.